The van der Waals surface area contributed by atoms with Gasteiger partial charge >= 0.3 is 11.9 Å². The topological polar surface area (TPSA) is 52.6 Å². The second-order valence-corrected chi connectivity index (χ2v) is 2.94. The maximum Gasteiger partial charge on any atom is 0.336 e. The summed E-state index contributed by atoms with van der Waals surface area (Å²) >= 11 is 0. The zero-order valence-corrected chi connectivity index (χ0v) is 8.62. The molecule has 0 aliphatic heterocycles. The molecule has 0 spiro atoms. The Labute approximate surface area is 83.2 Å². The van der Waals surface area contributed by atoms with E-state index in [4.69, 9.17) is 9.47 Å². The van der Waals surface area contributed by atoms with E-state index >= 15 is 0 Å². The van der Waals surface area contributed by atoms with Gasteiger partial charge in [0.2, 0.25) is 6.29 Å². The van der Waals surface area contributed by atoms with Crippen molar-refractivity contribution >= 4 is 11.9 Å². The van der Waals surface area contributed by atoms with Gasteiger partial charge in [0.1, 0.15) is 0 Å². The number of esters is 2. The Balaban J connectivity index is 4.05. The standard InChI is InChI=1S/C10H14O4/c1-6(2)9(11)13-8(5)14-10(12)7(3)4/h8H,1,3H2,2,4-5H3. The maximum absolute atomic E-state index is 11.0. The van der Waals surface area contributed by atoms with Gasteiger partial charge in [-0.3, -0.25) is 0 Å². The van der Waals surface area contributed by atoms with Crippen LogP contribution in [0, 0.1) is 0 Å². The summed E-state index contributed by atoms with van der Waals surface area (Å²) in [5.74, 6) is -1.18. The molecular formula is C10H14O4. The molecule has 4 heteroatoms. The first kappa shape index (κ1) is 12.4. The van der Waals surface area contributed by atoms with Crippen molar-refractivity contribution in [3.05, 3.63) is 24.3 Å². The zero-order valence-electron chi connectivity index (χ0n) is 8.62. The number of rotatable bonds is 4. The van der Waals surface area contributed by atoms with Gasteiger partial charge in [0.25, 0.3) is 0 Å². The highest BCUT2D eigenvalue weighted by molar-refractivity contribution is 5.88. The predicted molar refractivity (Wildman–Crippen MR) is 51.3 cm³/mol. The molecule has 0 radical (unpaired) electrons. The van der Waals surface area contributed by atoms with E-state index in [2.05, 4.69) is 13.2 Å². The van der Waals surface area contributed by atoms with Crippen LogP contribution in [0.4, 0.5) is 0 Å². The van der Waals surface area contributed by atoms with Gasteiger partial charge in [0, 0.05) is 18.1 Å². The Hall–Kier alpha value is -1.58. The lowest BCUT2D eigenvalue weighted by Gasteiger charge is -2.13. The summed E-state index contributed by atoms with van der Waals surface area (Å²) in [5.41, 5.74) is 0.506. The first-order valence-electron chi connectivity index (χ1n) is 4.07. The van der Waals surface area contributed by atoms with Gasteiger partial charge in [-0.15, -0.1) is 0 Å². The Bertz CT molecular complexity index is 250. The lowest BCUT2D eigenvalue weighted by molar-refractivity contribution is -0.178. The third-order valence-corrected chi connectivity index (χ3v) is 1.24. The van der Waals surface area contributed by atoms with E-state index in [0.29, 0.717) is 0 Å². The number of carbonyl (C=O) groups is 2. The molecule has 0 amide bonds. The Morgan fingerprint density at radius 3 is 1.50 bits per heavy atom. The Morgan fingerprint density at radius 1 is 1.00 bits per heavy atom. The number of carbonyl (C=O) groups excluding carboxylic acids is 2. The van der Waals surface area contributed by atoms with E-state index in [-0.39, 0.29) is 11.1 Å². The Morgan fingerprint density at radius 2 is 1.29 bits per heavy atom. The first-order valence-corrected chi connectivity index (χ1v) is 4.07. The molecule has 0 bridgehead atoms. The normalized spacial score (nSPS) is 9.43. The average Bonchev–Trinajstić information content (AvgIpc) is 2.03. The van der Waals surface area contributed by atoms with Crippen LogP contribution < -0.4 is 0 Å². The second kappa shape index (κ2) is 5.21. The van der Waals surface area contributed by atoms with Gasteiger partial charge in [-0.05, 0) is 13.8 Å². The van der Waals surface area contributed by atoms with Gasteiger partial charge in [0.05, 0.1) is 0 Å². The molecule has 14 heavy (non-hydrogen) atoms. The zero-order chi connectivity index (χ0) is 11.3. The molecule has 0 saturated heterocycles. The smallest absolute Gasteiger partial charge is 0.336 e. The molecule has 0 aliphatic carbocycles. The predicted octanol–water partition coefficient (Wildman–Crippen LogP) is 1.57. The van der Waals surface area contributed by atoms with E-state index in [9.17, 15) is 9.59 Å². The molecule has 0 fully saturated rings. The molecule has 0 rings (SSSR count). The van der Waals surface area contributed by atoms with Gasteiger partial charge in [-0.25, -0.2) is 9.59 Å². The third kappa shape index (κ3) is 4.45. The summed E-state index contributed by atoms with van der Waals surface area (Å²) in [6, 6.07) is 0. The highest BCUT2D eigenvalue weighted by Crippen LogP contribution is 2.02. The van der Waals surface area contributed by atoms with Crippen molar-refractivity contribution in [1.82, 2.24) is 0 Å². The summed E-state index contributed by atoms with van der Waals surface area (Å²) in [4.78, 5) is 21.9. The molecule has 0 aliphatic rings. The fraction of sp³-hybridized carbons (Fsp3) is 0.400. The van der Waals surface area contributed by atoms with Crippen molar-refractivity contribution in [2.24, 2.45) is 0 Å². The molecule has 0 aromatic carbocycles. The first-order chi connectivity index (χ1) is 6.34. The van der Waals surface area contributed by atoms with Crippen molar-refractivity contribution in [2.45, 2.75) is 27.1 Å². The second-order valence-electron chi connectivity index (χ2n) is 2.94. The maximum atomic E-state index is 11.0. The summed E-state index contributed by atoms with van der Waals surface area (Å²) in [5, 5.41) is 0. The average molecular weight is 198 g/mol. The molecule has 78 valence electrons. The van der Waals surface area contributed by atoms with Crippen LogP contribution in [-0.4, -0.2) is 18.2 Å². The van der Waals surface area contributed by atoms with Crippen molar-refractivity contribution in [3.8, 4) is 0 Å². The highest BCUT2D eigenvalue weighted by atomic mass is 16.7. The quantitative estimate of drug-likeness (QED) is 0.391. The minimum atomic E-state index is -0.927. The van der Waals surface area contributed by atoms with Gasteiger partial charge in [0.15, 0.2) is 0 Å². The molecular weight excluding hydrogens is 184 g/mol. The third-order valence-electron chi connectivity index (χ3n) is 1.24. The van der Waals surface area contributed by atoms with Crippen LogP contribution in [0.2, 0.25) is 0 Å². The van der Waals surface area contributed by atoms with Crippen LogP contribution in [0.25, 0.3) is 0 Å². The van der Waals surface area contributed by atoms with E-state index < -0.39 is 18.2 Å². The van der Waals surface area contributed by atoms with Crippen molar-refractivity contribution in [2.75, 3.05) is 0 Å². The SMILES string of the molecule is C=C(C)C(=O)OC(C)OC(=O)C(=C)C. The minimum absolute atomic E-state index is 0.253. The number of ether oxygens (including phenoxy) is 2. The fourth-order valence-electron chi connectivity index (χ4n) is 0.527. The summed E-state index contributed by atoms with van der Waals surface area (Å²) in [7, 11) is 0. The van der Waals surface area contributed by atoms with Crippen LogP contribution in [0.3, 0.4) is 0 Å². The van der Waals surface area contributed by atoms with E-state index in [0.717, 1.165) is 0 Å². The number of hydrogen-bond donors (Lipinski definition) is 0. The van der Waals surface area contributed by atoms with Crippen LogP contribution in [0.5, 0.6) is 0 Å². The summed E-state index contributed by atoms with van der Waals surface area (Å²) in [6.07, 6.45) is -0.927. The largest absolute Gasteiger partial charge is 0.422 e. The van der Waals surface area contributed by atoms with Gasteiger partial charge in [-0.1, -0.05) is 13.2 Å². The molecule has 4 nitrogen and oxygen atoms in total. The van der Waals surface area contributed by atoms with E-state index in [1.54, 1.807) is 0 Å². The molecule has 0 aromatic heterocycles. The Kier molecular flexibility index (Phi) is 4.63. The molecule has 0 aromatic rings. The van der Waals surface area contributed by atoms with Crippen LogP contribution in [0.1, 0.15) is 20.8 Å². The van der Waals surface area contributed by atoms with Crippen molar-refractivity contribution < 1.29 is 19.1 Å². The van der Waals surface area contributed by atoms with Crippen molar-refractivity contribution in [1.29, 1.82) is 0 Å². The minimum Gasteiger partial charge on any atom is -0.422 e. The van der Waals surface area contributed by atoms with Crippen LogP contribution >= 0.6 is 0 Å². The monoisotopic (exact) mass is 198 g/mol. The summed E-state index contributed by atoms with van der Waals surface area (Å²) in [6.45, 7) is 11.2. The van der Waals surface area contributed by atoms with E-state index in [1.807, 2.05) is 0 Å². The molecule has 0 unspecified atom stereocenters. The molecule has 0 atom stereocenters. The summed E-state index contributed by atoms with van der Waals surface area (Å²) < 4.78 is 9.42. The van der Waals surface area contributed by atoms with Gasteiger partial charge < -0.3 is 9.47 Å². The number of hydrogen-bond acceptors (Lipinski definition) is 4. The van der Waals surface area contributed by atoms with Crippen LogP contribution in [0.15, 0.2) is 24.3 Å². The van der Waals surface area contributed by atoms with E-state index in [1.165, 1.54) is 20.8 Å². The lowest BCUT2D eigenvalue weighted by Crippen LogP contribution is -2.22. The molecule has 0 saturated carbocycles. The van der Waals surface area contributed by atoms with Crippen LogP contribution in [-0.2, 0) is 19.1 Å². The fourth-order valence-corrected chi connectivity index (χ4v) is 0.527. The molecule has 0 heterocycles. The highest BCUT2D eigenvalue weighted by Gasteiger charge is 2.14. The lowest BCUT2D eigenvalue weighted by atomic mass is 10.3. The van der Waals surface area contributed by atoms with Crippen molar-refractivity contribution in [3.63, 3.8) is 0 Å². The van der Waals surface area contributed by atoms with Gasteiger partial charge in [-0.2, -0.15) is 0 Å². The molecule has 0 N–H and O–H groups in total.